The van der Waals surface area contributed by atoms with E-state index in [0.717, 1.165) is 24.5 Å². The second-order valence-electron chi connectivity index (χ2n) is 4.45. The molecule has 4 nitrogen and oxygen atoms in total. The van der Waals surface area contributed by atoms with Crippen LogP contribution in [0.5, 0.6) is 0 Å². The number of anilines is 2. The predicted octanol–water partition coefficient (Wildman–Crippen LogP) is 3.61. The molecular weight excluding hydrogens is 250 g/mol. The molecule has 0 bridgehead atoms. The molecule has 0 atom stereocenters. The first-order valence-corrected chi connectivity index (χ1v) is 6.84. The fourth-order valence-electron chi connectivity index (χ4n) is 2.10. The second-order valence-corrected chi connectivity index (χ2v) is 4.45. The summed E-state index contributed by atoms with van der Waals surface area (Å²) in [6.45, 7) is 6.89. The smallest absolute Gasteiger partial charge is 0.203 e. The Morgan fingerprint density at radius 2 is 1.80 bits per heavy atom. The molecule has 1 aromatic carbocycles. The monoisotopic (exact) mass is 269 g/mol. The van der Waals surface area contributed by atoms with Gasteiger partial charge in [0.2, 0.25) is 5.76 Å². The summed E-state index contributed by atoms with van der Waals surface area (Å²) in [5.74, 6) is 1.10. The van der Waals surface area contributed by atoms with Crippen molar-refractivity contribution in [2.45, 2.75) is 20.4 Å². The van der Waals surface area contributed by atoms with Crippen molar-refractivity contribution >= 4 is 11.4 Å². The van der Waals surface area contributed by atoms with Gasteiger partial charge in [-0.3, -0.25) is 0 Å². The number of nitrogens with one attached hydrogen (secondary N) is 1. The molecule has 2 aromatic rings. The van der Waals surface area contributed by atoms with E-state index in [-0.39, 0.29) is 0 Å². The van der Waals surface area contributed by atoms with Crippen LogP contribution in [0.15, 0.2) is 40.8 Å². The molecule has 0 saturated heterocycles. The van der Waals surface area contributed by atoms with E-state index < -0.39 is 0 Å². The van der Waals surface area contributed by atoms with Crippen LogP contribution in [0.25, 0.3) is 0 Å². The van der Waals surface area contributed by atoms with Gasteiger partial charge in [0.25, 0.3) is 0 Å². The molecule has 1 N–H and O–H groups in total. The summed E-state index contributed by atoms with van der Waals surface area (Å²) in [6.07, 6.45) is 0. The Bertz CT molecular complexity index is 577. The van der Waals surface area contributed by atoms with Crippen LogP contribution in [0, 0.1) is 11.3 Å². The number of furan rings is 1. The summed E-state index contributed by atoms with van der Waals surface area (Å²) in [6, 6.07) is 13.8. The summed E-state index contributed by atoms with van der Waals surface area (Å²) in [7, 11) is 0. The third-order valence-electron chi connectivity index (χ3n) is 3.23. The predicted molar refractivity (Wildman–Crippen MR) is 80.8 cm³/mol. The zero-order chi connectivity index (χ0) is 14.4. The molecule has 0 aliphatic heterocycles. The average Bonchev–Trinajstić information content (AvgIpc) is 2.96. The molecule has 2 rings (SSSR count). The highest BCUT2D eigenvalue weighted by Crippen LogP contribution is 2.18. The third-order valence-corrected chi connectivity index (χ3v) is 3.23. The normalized spacial score (nSPS) is 10.1. The molecule has 1 aromatic heterocycles. The van der Waals surface area contributed by atoms with E-state index in [1.165, 1.54) is 5.69 Å². The molecular formula is C16H19N3O. The number of nitriles is 1. The Labute approximate surface area is 119 Å². The number of benzene rings is 1. The van der Waals surface area contributed by atoms with Gasteiger partial charge in [0.15, 0.2) is 0 Å². The second kappa shape index (κ2) is 6.67. The van der Waals surface area contributed by atoms with Gasteiger partial charge in [0.05, 0.1) is 6.54 Å². The zero-order valence-corrected chi connectivity index (χ0v) is 11.9. The van der Waals surface area contributed by atoms with Gasteiger partial charge in [-0.05, 0) is 50.2 Å². The topological polar surface area (TPSA) is 52.2 Å². The van der Waals surface area contributed by atoms with Crippen molar-refractivity contribution in [3.05, 3.63) is 47.9 Å². The maximum Gasteiger partial charge on any atom is 0.203 e. The summed E-state index contributed by atoms with van der Waals surface area (Å²) >= 11 is 0. The molecule has 0 radical (unpaired) electrons. The average molecular weight is 269 g/mol. The highest BCUT2D eigenvalue weighted by molar-refractivity contribution is 5.55. The summed E-state index contributed by atoms with van der Waals surface area (Å²) in [5, 5.41) is 12.0. The SMILES string of the molecule is CCN(CC)c1ccc(NCc2ccc(C#N)o2)cc1. The lowest BCUT2D eigenvalue weighted by Crippen LogP contribution is -2.21. The van der Waals surface area contributed by atoms with Crippen molar-refractivity contribution < 1.29 is 4.42 Å². The zero-order valence-electron chi connectivity index (χ0n) is 11.9. The maximum atomic E-state index is 8.70. The first-order valence-electron chi connectivity index (χ1n) is 6.84. The third kappa shape index (κ3) is 3.33. The molecule has 0 unspecified atom stereocenters. The van der Waals surface area contributed by atoms with Crippen molar-refractivity contribution in [1.29, 1.82) is 5.26 Å². The molecule has 0 saturated carbocycles. The van der Waals surface area contributed by atoms with Gasteiger partial charge in [-0.1, -0.05) is 0 Å². The van der Waals surface area contributed by atoms with E-state index >= 15 is 0 Å². The van der Waals surface area contributed by atoms with Crippen molar-refractivity contribution in [1.82, 2.24) is 0 Å². The van der Waals surface area contributed by atoms with Crippen molar-refractivity contribution in [2.75, 3.05) is 23.3 Å². The van der Waals surface area contributed by atoms with E-state index in [1.807, 2.05) is 12.1 Å². The van der Waals surface area contributed by atoms with Gasteiger partial charge in [-0.2, -0.15) is 5.26 Å². The van der Waals surface area contributed by atoms with E-state index in [9.17, 15) is 0 Å². The molecule has 20 heavy (non-hydrogen) atoms. The van der Waals surface area contributed by atoms with Crippen molar-refractivity contribution in [2.24, 2.45) is 0 Å². The summed E-state index contributed by atoms with van der Waals surface area (Å²) in [5.41, 5.74) is 2.26. The molecule has 4 heteroatoms. The number of hydrogen-bond acceptors (Lipinski definition) is 4. The number of hydrogen-bond donors (Lipinski definition) is 1. The van der Waals surface area contributed by atoms with Gasteiger partial charge in [0, 0.05) is 24.5 Å². The Morgan fingerprint density at radius 3 is 2.35 bits per heavy atom. The van der Waals surface area contributed by atoms with E-state index in [0.29, 0.717) is 12.3 Å². The molecule has 1 heterocycles. The molecule has 104 valence electrons. The van der Waals surface area contributed by atoms with Crippen LogP contribution >= 0.6 is 0 Å². The Balaban J connectivity index is 1.95. The summed E-state index contributed by atoms with van der Waals surface area (Å²) in [4.78, 5) is 2.30. The van der Waals surface area contributed by atoms with Crippen LogP contribution < -0.4 is 10.2 Å². The summed E-state index contributed by atoms with van der Waals surface area (Å²) < 4.78 is 5.32. The van der Waals surface area contributed by atoms with Crippen LogP contribution in [0.4, 0.5) is 11.4 Å². The minimum atomic E-state index is 0.346. The van der Waals surface area contributed by atoms with E-state index in [2.05, 4.69) is 48.3 Å². The van der Waals surface area contributed by atoms with E-state index in [1.54, 1.807) is 6.07 Å². The van der Waals surface area contributed by atoms with Gasteiger partial charge in [-0.15, -0.1) is 0 Å². The molecule has 0 aliphatic carbocycles. The van der Waals surface area contributed by atoms with Gasteiger partial charge >= 0.3 is 0 Å². The minimum Gasteiger partial charge on any atom is -0.449 e. The lowest BCUT2D eigenvalue weighted by Gasteiger charge is -2.21. The maximum absolute atomic E-state index is 8.70. The van der Waals surface area contributed by atoms with Crippen molar-refractivity contribution in [3.63, 3.8) is 0 Å². The van der Waals surface area contributed by atoms with Gasteiger partial charge in [0.1, 0.15) is 11.8 Å². The van der Waals surface area contributed by atoms with Gasteiger partial charge < -0.3 is 14.6 Å². The van der Waals surface area contributed by atoms with Crippen LogP contribution in [0.2, 0.25) is 0 Å². The highest BCUT2D eigenvalue weighted by Gasteiger charge is 2.03. The first-order chi connectivity index (χ1) is 9.76. The quantitative estimate of drug-likeness (QED) is 0.870. The number of rotatable bonds is 6. The van der Waals surface area contributed by atoms with Crippen molar-refractivity contribution in [3.8, 4) is 6.07 Å². The van der Waals surface area contributed by atoms with Crippen LogP contribution in [-0.4, -0.2) is 13.1 Å². The Morgan fingerprint density at radius 1 is 1.10 bits per heavy atom. The minimum absolute atomic E-state index is 0.346. The Hall–Kier alpha value is -2.41. The lowest BCUT2D eigenvalue weighted by molar-refractivity contribution is 0.506. The Kier molecular flexibility index (Phi) is 4.67. The van der Waals surface area contributed by atoms with Crippen LogP contribution in [-0.2, 0) is 6.54 Å². The standard InChI is InChI=1S/C16H19N3O/c1-3-19(4-2)14-7-5-13(6-8-14)18-12-16-10-9-15(11-17)20-16/h5-10,18H,3-4,12H2,1-2H3. The van der Waals surface area contributed by atoms with Crippen LogP contribution in [0.1, 0.15) is 25.4 Å². The highest BCUT2D eigenvalue weighted by atomic mass is 16.3. The van der Waals surface area contributed by atoms with E-state index in [4.69, 9.17) is 9.68 Å². The number of nitrogens with zero attached hydrogens (tertiary/aromatic N) is 2. The molecule has 0 aliphatic rings. The molecule has 0 amide bonds. The first kappa shape index (κ1) is 14.0. The van der Waals surface area contributed by atoms with Gasteiger partial charge in [-0.25, -0.2) is 0 Å². The largest absolute Gasteiger partial charge is 0.449 e. The molecule has 0 spiro atoms. The lowest BCUT2D eigenvalue weighted by atomic mass is 10.2. The fraction of sp³-hybridized carbons (Fsp3) is 0.312. The van der Waals surface area contributed by atoms with Crippen LogP contribution in [0.3, 0.4) is 0 Å². The fourth-order valence-corrected chi connectivity index (χ4v) is 2.10. The molecule has 0 fully saturated rings.